The Hall–Kier alpha value is -2.31. The van der Waals surface area contributed by atoms with Crippen LogP contribution in [0, 0.1) is 0 Å². The summed E-state index contributed by atoms with van der Waals surface area (Å²) in [5, 5.41) is 0. The van der Waals surface area contributed by atoms with Crippen LogP contribution in [-0.2, 0) is 11.2 Å². The van der Waals surface area contributed by atoms with Crippen molar-refractivity contribution in [3.8, 4) is 11.5 Å². The number of benzene rings is 2. The van der Waals surface area contributed by atoms with Crippen LogP contribution in [0.1, 0.15) is 30.9 Å². The van der Waals surface area contributed by atoms with E-state index in [0.29, 0.717) is 20.7 Å². The van der Waals surface area contributed by atoms with Crippen LogP contribution in [0.2, 0.25) is 0 Å². The van der Waals surface area contributed by atoms with Crippen molar-refractivity contribution in [3.05, 3.63) is 58.5 Å². The number of thioether (sulfide) groups is 1. The SMILES string of the molecule is CCCCc1ccc(N2C(=O)C(=Cc3ccc(OC)c(OC)c3)SC2=S)cc1. The standard InChI is InChI=1S/C22H23NO3S2/c1-4-5-6-15-7-10-17(11-8-15)23-21(24)20(28-22(23)27)14-16-9-12-18(25-2)19(13-16)26-3/h7-14H,4-6H2,1-3H3. The predicted octanol–water partition coefficient (Wildman–Crippen LogP) is 5.45. The third kappa shape index (κ3) is 4.39. The Bertz CT molecular complexity index is 906. The minimum Gasteiger partial charge on any atom is -0.493 e. The first-order chi connectivity index (χ1) is 13.6. The van der Waals surface area contributed by atoms with Gasteiger partial charge < -0.3 is 9.47 Å². The molecule has 0 unspecified atom stereocenters. The van der Waals surface area contributed by atoms with Crippen molar-refractivity contribution < 1.29 is 14.3 Å². The molecule has 0 N–H and O–H groups in total. The second-order valence-electron chi connectivity index (χ2n) is 6.40. The van der Waals surface area contributed by atoms with E-state index in [1.54, 1.807) is 19.1 Å². The summed E-state index contributed by atoms with van der Waals surface area (Å²) in [5.74, 6) is 1.16. The average molecular weight is 414 g/mol. The maximum Gasteiger partial charge on any atom is 0.270 e. The van der Waals surface area contributed by atoms with Gasteiger partial charge in [0.25, 0.3) is 5.91 Å². The van der Waals surface area contributed by atoms with Crippen LogP contribution in [-0.4, -0.2) is 24.4 Å². The van der Waals surface area contributed by atoms with Gasteiger partial charge in [0.05, 0.1) is 24.8 Å². The van der Waals surface area contributed by atoms with Crippen LogP contribution in [0.3, 0.4) is 0 Å². The van der Waals surface area contributed by atoms with Crippen LogP contribution in [0.4, 0.5) is 5.69 Å². The van der Waals surface area contributed by atoms with E-state index in [9.17, 15) is 4.79 Å². The fourth-order valence-electron chi connectivity index (χ4n) is 2.98. The minimum atomic E-state index is -0.105. The first-order valence-electron chi connectivity index (χ1n) is 9.16. The van der Waals surface area contributed by atoms with Crippen molar-refractivity contribution >= 4 is 46.0 Å². The van der Waals surface area contributed by atoms with Crippen molar-refractivity contribution in [1.29, 1.82) is 0 Å². The molecule has 0 aromatic heterocycles. The highest BCUT2D eigenvalue weighted by molar-refractivity contribution is 8.27. The molecule has 28 heavy (non-hydrogen) atoms. The largest absolute Gasteiger partial charge is 0.493 e. The number of hydrogen-bond donors (Lipinski definition) is 0. The molecule has 1 amide bonds. The highest BCUT2D eigenvalue weighted by Gasteiger charge is 2.33. The lowest BCUT2D eigenvalue weighted by Crippen LogP contribution is -2.27. The Balaban J connectivity index is 1.82. The molecule has 0 atom stereocenters. The molecule has 0 saturated carbocycles. The Morgan fingerprint density at radius 3 is 2.43 bits per heavy atom. The summed E-state index contributed by atoms with van der Waals surface area (Å²) >= 11 is 6.78. The van der Waals surface area contributed by atoms with Gasteiger partial charge in [-0.15, -0.1) is 0 Å². The number of ether oxygens (including phenoxy) is 2. The van der Waals surface area contributed by atoms with Crippen LogP contribution in [0.15, 0.2) is 47.4 Å². The number of anilines is 1. The van der Waals surface area contributed by atoms with Gasteiger partial charge in [-0.05, 0) is 54.3 Å². The summed E-state index contributed by atoms with van der Waals surface area (Å²) in [6, 6.07) is 13.6. The summed E-state index contributed by atoms with van der Waals surface area (Å²) in [6.45, 7) is 2.18. The molecule has 146 valence electrons. The van der Waals surface area contributed by atoms with E-state index in [1.165, 1.54) is 17.3 Å². The van der Waals surface area contributed by atoms with E-state index in [2.05, 4.69) is 19.1 Å². The molecule has 0 radical (unpaired) electrons. The molecule has 0 spiro atoms. The van der Waals surface area contributed by atoms with E-state index < -0.39 is 0 Å². The number of aryl methyl sites for hydroxylation is 1. The minimum absolute atomic E-state index is 0.105. The van der Waals surface area contributed by atoms with E-state index in [-0.39, 0.29) is 5.91 Å². The molecule has 6 heteroatoms. The van der Waals surface area contributed by atoms with Crippen LogP contribution in [0.5, 0.6) is 11.5 Å². The van der Waals surface area contributed by atoms with Crippen molar-refractivity contribution in [2.45, 2.75) is 26.2 Å². The quantitative estimate of drug-likeness (QED) is 0.446. The Kier molecular flexibility index (Phi) is 6.75. The fourth-order valence-corrected chi connectivity index (χ4v) is 4.28. The summed E-state index contributed by atoms with van der Waals surface area (Å²) < 4.78 is 11.1. The maximum atomic E-state index is 12.9. The van der Waals surface area contributed by atoms with Crippen LogP contribution >= 0.6 is 24.0 Å². The van der Waals surface area contributed by atoms with Gasteiger partial charge in [-0.3, -0.25) is 9.69 Å². The van der Waals surface area contributed by atoms with Gasteiger partial charge in [-0.25, -0.2) is 0 Å². The molecule has 2 aromatic rings. The Morgan fingerprint density at radius 2 is 1.79 bits per heavy atom. The van der Waals surface area contributed by atoms with Crippen molar-refractivity contribution in [2.24, 2.45) is 0 Å². The Labute approximate surface area is 175 Å². The van der Waals surface area contributed by atoms with Gasteiger partial charge in [0.1, 0.15) is 0 Å². The zero-order valence-corrected chi connectivity index (χ0v) is 17.9. The molecule has 2 aromatic carbocycles. The van der Waals surface area contributed by atoms with Crippen molar-refractivity contribution in [1.82, 2.24) is 0 Å². The molecule has 1 fully saturated rings. The number of methoxy groups -OCH3 is 2. The van der Waals surface area contributed by atoms with E-state index >= 15 is 0 Å². The maximum absolute atomic E-state index is 12.9. The number of rotatable bonds is 7. The topological polar surface area (TPSA) is 38.8 Å². The number of thiocarbonyl (C=S) groups is 1. The fraction of sp³-hybridized carbons (Fsp3) is 0.273. The molecule has 1 aliphatic heterocycles. The molecule has 4 nitrogen and oxygen atoms in total. The molecular weight excluding hydrogens is 390 g/mol. The molecule has 0 aliphatic carbocycles. The third-order valence-corrected chi connectivity index (χ3v) is 5.81. The second-order valence-corrected chi connectivity index (χ2v) is 8.08. The highest BCUT2D eigenvalue weighted by Crippen LogP contribution is 2.37. The number of unbranched alkanes of at least 4 members (excludes halogenated alkanes) is 1. The molecule has 3 rings (SSSR count). The summed E-state index contributed by atoms with van der Waals surface area (Å²) in [4.78, 5) is 15.1. The van der Waals surface area contributed by atoms with Gasteiger partial charge in [0.15, 0.2) is 15.8 Å². The lowest BCUT2D eigenvalue weighted by molar-refractivity contribution is -0.113. The van der Waals surface area contributed by atoms with E-state index in [4.69, 9.17) is 21.7 Å². The van der Waals surface area contributed by atoms with E-state index in [0.717, 1.165) is 30.5 Å². The smallest absolute Gasteiger partial charge is 0.270 e. The van der Waals surface area contributed by atoms with Gasteiger partial charge >= 0.3 is 0 Å². The van der Waals surface area contributed by atoms with Crippen LogP contribution < -0.4 is 14.4 Å². The molecule has 0 bridgehead atoms. The van der Waals surface area contributed by atoms with Gasteiger partial charge in [0, 0.05) is 0 Å². The monoisotopic (exact) mass is 413 g/mol. The number of carbonyl (C=O) groups is 1. The molecular formula is C22H23NO3S2. The van der Waals surface area contributed by atoms with Gasteiger partial charge in [-0.1, -0.05) is 55.5 Å². The zero-order chi connectivity index (χ0) is 20.1. The van der Waals surface area contributed by atoms with E-state index in [1.807, 2.05) is 36.4 Å². The predicted molar refractivity (Wildman–Crippen MR) is 120 cm³/mol. The molecule has 1 saturated heterocycles. The summed E-state index contributed by atoms with van der Waals surface area (Å²) in [5.41, 5.74) is 2.93. The van der Waals surface area contributed by atoms with Gasteiger partial charge in [0.2, 0.25) is 0 Å². The zero-order valence-electron chi connectivity index (χ0n) is 16.2. The first kappa shape index (κ1) is 20.4. The number of amides is 1. The number of carbonyl (C=O) groups excluding carboxylic acids is 1. The summed E-state index contributed by atoms with van der Waals surface area (Å²) in [7, 11) is 3.18. The molecule has 1 aliphatic rings. The van der Waals surface area contributed by atoms with Gasteiger partial charge in [-0.2, -0.15) is 0 Å². The average Bonchev–Trinajstić information content (AvgIpc) is 2.99. The normalized spacial score (nSPS) is 15.4. The lowest BCUT2D eigenvalue weighted by atomic mass is 10.1. The number of nitrogens with zero attached hydrogens (tertiary/aromatic N) is 1. The third-order valence-electron chi connectivity index (χ3n) is 4.51. The molecule has 1 heterocycles. The Morgan fingerprint density at radius 1 is 1.07 bits per heavy atom. The number of hydrogen-bond acceptors (Lipinski definition) is 5. The first-order valence-corrected chi connectivity index (χ1v) is 10.4. The van der Waals surface area contributed by atoms with Crippen molar-refractivity contribution in [3.63, 3.8) is 0 Å². The summed E-state index contributed by atoms with van der Waals surface area (Å²) in [6.07, 6.45) is 5.21. The van der Waals surface area contributed by atoms with Crippen molar-refractivity contribution in [2.75, 3.05) is 19.1 Å². The lowest BCUT2D eigenvalue weighted by Gasteiger charge is -2.15. The second kappa shape index (κ2) is 9.26. The highest BCUT2D eigenvalue weighted by atomic mass is 32.2. The van der Waals surface area contributed by atoms with Crippen LogP contribution in [0.25, 0.3) is 6.08 Å².